The SMILES string of the molecule is CCN=C1C=Cc2ncccc2C(P(=O)(OC)OC)N1. The monoisotopic (exact) mass is 295 g/mol. The molecule has 0 spiro atoms. The molecule has 0 aliphatic carbocycles. The zero-order chi connectivity index (χ0) is 14.6. The zero-order valence-electron chi connectivity index (χ0n) is 11.7. The first-order valence-electron chi connectivity index (χ1n) is 6.29. The van der Waals surface area contributed by atoms with Gasteiger partial charge >= 0.3 is 7.60 Å². The molecule has 2 heterocycles. The fourth-order valence-corrected chi connectivity index (χ4v) is 3.45. The summed E-state index contributed by atoms with van der Waals surface area (Å²) < 4.78 is 23.0. The molecule has 1 unspecified atom stereocenters. The molecule has 1 atom stereocenters. The van der Waals surface area contributed by atoms with Crippen molar-refractivity contribution in [1.29, 1.82) is 0 Å². The Balaban J connectivity index is 2.54. The molecule has 0 aromatic carbocycles. The average Bonchev–Trinajstić information content (AvgIpc) is 2.67. The van der Waals surface area contributed by atoms with E-state index in [1.54, 1.807) is 12.3 Å². The Morgan fingerprint density at radius 1 is 1.40 bits per heavy atom. The van der Waals surface area contributed by atoms with E-state index in [2.05, 4.69) is 15.3 Å². The van der Waals surface area contributed by atoms with Crippen LogP contribution in [0.2, 0.25) is 0 Å². The Kier molecular flexibility index (Phi) is 4.70. The van der Waals surface area contributed by atoms with Gasteiger partial charge in [0.15, 0.2) is 5.78 Å². The lowest BCUT2D eigenvalue weighted by atomic mass is 10.2. The molecule has 0 bridgehead atoms. The van der Waals surface area contributed by atoms with E-state index in [9.17, 15) is 4.57 Å². The Morgan fingerprint density at radius 2 is 2.15 bits per heavy atom. The molecule has 1 aromatic rings. The third-order valence-corrected chi connectivity index (χ3v) is 5.06. The van der Waals surface area contributed by atoms with Crippen LogP contribution in [0.3, 0.4) is 0 Å². The summed E-state index contributed by atoms with van der Waals surface area (Å²) in [6.45, 7) is 2.55. The largest absolute Gasteiger partial charge is 0.356 e. The van der Waals surface area contributed by atoms with Crippen molar-refractivity contribution in [3.8, 4) is 0 Å². The molecule has 0 saturated carbocycles. The van der Waals surface area contributed by atoms with Gasteiger partial charge in [0.2, 0.25) is 0 Å². The van der Waals surface area contributed by atoms with Crippen LogP contribution in [0.4, 0.5) is 0 Å². The van der Waals surface area contributed by atoms with Gasteiger partial charge in [-0.1, -0.05) is 6.07 Å². The van der Waals surface area contributed by atoms with Crippen LogP contribution in [-0.4, -0.2) is 31.6 Å². The molecule has 1 aromatic heterocycles. The van der Waals surface area contributed by atoms with Crippen molar-refractivity contribution in [2.75, 3.05) is 20.8 Å². The van der Waals surface area contributed by atoms with E-state index in [4.69, 9.17) is 9.05 Å². The number of hydrogen-bond acceptors (Lipinski definition) is 5. The maximum absolute atomic E-state index is 12.8. The number of hydrogen-bond donors (Lipinski definition) is 1. The zero-order valence-corrected chi connectivity index (χ0v) is 12.6. The lowest BCUT2D eigenvalue weighted by Crippen LogP contribution is -2.27. The Bertz CT molecular complexity index is 578. The smallest absolute Gasteiger partial charge is 0.353 e. The number of amidine groups is 1. The fraction of sp³-hybridized carbons (Fsp3) is 0.385. The quantitative estimate of drug-likeness (QED) is 0.864. The van der Waals surface area contributed by atoms with Crippen molar-refractivity contribution in [2.45, 2.75) is 12.7 Å². The second kappa shape index (κ2) is 6.31. The molecule has 1 N–H and O–H groups in total. The minimum atomic E-state index is -3.35. The number of pyridine rings is 1. The third-order valence-electron chi connectivity index (χ3n) is 3.00. The molecule has 1 aliphatic heterocycles. The third kappa shape index (κ3) is 2.82. The van der Waals surface area contributed by atoms with Crippen LogP contribution in [0.15, 0.2) is 29.4 Å². The summed E-state index contributed by atoms with van der Waals surface area (Å²) in [5.41, 5.74) is 1.48. The minimum Gasteiger partial charge on any atom is -0.353 e. The van der Waals surface area contributed by atoms with Crippen molar-refractivity contribution < 1.29 is 13.6 Å². The molecule has 0 amide bonds. The first kappa shape index (κ1) is 14.9. The molecule has 2 rings (SSSR count). The van der Waals surface area contributed by atoms with Crippen molar-refractivity contribution in [3.05, 3.63) is 35.7 Å². The highest BCUT2D eigenvalue weighted by Crippen LogP contribution is 2.59. The number of aromatic nitrogens is 1. The predicted octanol–water partition coefficient (Wildman–Crippen LogP) is 2.60. The van der Waals surface area contributed by atoms with Gasteiger partial charge in [-0.25, -0.2) is 0 Å². The van der Waals surface area contributed by atoms with Gasteiger partial charge in [0, 0.05) is 32.5 Å². The van der Waals surface area contributed by atoms with Crippen LogP contribution in [0.25, 0.3) is 6.08 Å². The van der Waals surface area contributed by atoms with Crippen LogP contribution >= 0.6 is 7.60 Å². The van der Waals surface area contributed by atoms with Crippen LogP contribution in [0, 0.1) is 0 Å². The van der Waals surface area contributed by atoms with Gasteiger partial charge in [-0.2, -0.15) is 0 Å². The normalized spacial score (nSPS) is 20.4. The van der Waals surface area contributed by atoms with Crippen molar-refractivity contribution in [2.24, 2.45) is 4.99 Å². The number of nitrogens with zero attached hydrogens (tertiary/aromatic N) is 2. The summed E-state index contributed by atoms with van der Waals surface area (Å²) in [6.07, 6.45) is 5.34. The predicted molar refractivity (Wildman–Crippen MR) is 78.7 cm³/mol. The van der Waals surface area contributed by atoms with E-state index in [-0.39, 0.29) is 0 Å². The molecule has 0 fully saturated rings. The lowest BCUT2D eigenvalue weighted by molar-refractivity contribution is 0.263. The van der Waals surface area contributed by atoms with Crippen LogP contribution in [-0.2, 0) is 13.6 Å². The molecule has 1 aliphatic rings. The molecule has 108 valence electrons. The standard InChI is InChI=1S/C13H18N3O3P/c1-4-14-12-8-7-11-10(6-5-9-15-11)13(16-12)20(17,18-2)19-3/h5-9,13H,4H2,1-3H3,(H,14,16). The summed E-state index contributed by atoms with van der Waals surface area (Å²) in [5.74, 6) is -0.00803. The first-order chi connectivity index (χ1) is 9.64. The highest BCUT2D eigenvalue weighted by molar-refractivity contribution is 7.54. The van der Waals surface area contributed by atoms with E-state index in [0.29, 0.717) is 12.4 Å². The molecule has 6 nitrogen and oxygen atoms in total. The highest BCUT2D eigenvalue weighted by Gasteiger charge is 2.38. The molecular formula is C13H18N3O3P. The molecule has 0 radical (unpaired) electrons. The molecular weight excluding hydrogens is 277 g/mol. The van der Waals surface area contributed by atoms with E-state index in [0.717, 1.165) is 11.3 Å². The van der Waals surface area contributed by atoms with E-state index >= 15 is 0 Å². The van der Waals surface area contributed by atoms with Crippen molar-refractivity contribution in [1.82, 2.24) is 10.3 Å². The number of nitrogens with one attached hydrogen (secondary N) is 1. The van der Waals surface area contributed by atoms with Gasteiger partial charge in [0.25, 0.3) is 0 Å². The number of rotatable bonds is 4. The molecule has 7 heteroatoms. The maximum atomic E-state index is 12.8. The minimum absolute atomic E-state index is 0.618. The second-order valence-corrected chi connectivity index (χ2v) is 6.45. The van der Waals surface area contributed by atoms with Gasteiger partial charge in [0.05, 0.1) is 5.69 Å². The van der Waals surface area contributed by atoms with Gasteiger partial charge in [-0.05, 0) is 25.1 Å². The van der Waals surface area contributed by atoms with Crippen LogP contribution in [0.1, 0.15) is 24.0 Å². The fourth-order valence-electron chi connectivity index (χ4n) is 2.03. The van der Waals surface area contributed by atoms with Gasteiger partial charge in [0.1, 0.15) is 5.84 Å². The summed E-state index contributed by atoms with van der Waals surface area (Å²) in [6, 6.07) is 3.64. The van der Waals surface area contributed by atoms with Gasteiger partial charge in [-0.15, -0.1) is 0 Å². The maximum Gasteiger partial charge on any atom is 0.356 e. The first-order valence-corrected chi connectivity index (χ1v) is 7.91. The summed E-state index contributed by atoms with van der Waals surface area (Å²) in [4.78, 5) is 8.61. The Morgan fingerprint density at radius 3 is 2.80 bits per heavy atom. The second-order valence-electron chi connectivity index (χ2n) is 4.12. The number of fused-ring (bicyclic) bond motifs is 1. The summed E-state index contributed by atoms with van der Waals surface area (Å²) in [5, 5.41) is 3.13. The van der Waals surface area contributed by atoms with E-state index in [1.807, 2.05) is 25.1 Å². The topological polar surface area (TPSA) is 72.8 Å². The van der Waals surface area contributed by atoms with E-state index < -0.39 is 13.4 Å². The summed E-state index contributed by atoms with van der Waals surface area (Å²) in [7, 11) is -0.606. The Labute approximate surface area is 118 Å². The molecule has 20 heavy (non-hydrogen) atoms. The highest BCUT2D eigenvalue weighted by atomic mass is 31.2. The van der Waals surface area contributed by atoms with Crippen molar-refractivity contribution in [3.63, 3.8) is 0 Å². The van der Waals surface area contributed by atoms with Gasteiger partial charge in [-0.3, -0.25) is 14.5 Å². The summed E-state index contributed by atoms with van der Waals surface area (Å²) >= 11 is 0. The number of aliphatic imine (C=N–C) groups is 1. The van der Waals surface area contributed by atoms with Crippen molar-refractivity contribution >= 4 is 19.5 Å². The lowest BCUT2D eigenvalue weighted by Gasteiger charge is -2.25. The molecule has 0 saturated heterocycles. The van der Waals surface area contributed by atoms with E-state index in [1.165, 1.54) is 14.2 Å². The Hall–Kier alpha value is -1.49. The average molecular weight is 295 g/mol. The van der Waals surface area contributed by atoms with Crippen LogP contribution in [0.5, 0.6) is 0 Å². The van der Waals surface area contributed by atoms with Crippen LogP contribution < -0.4 is 5.32 Å². The van der Waals surface area contributed by atoms with Gasteiger partial charge < -0.3 is 14.4 Å².